The third kappa shape index (κ3) is 4.17. The molecule has 5 aliphatic rings. The zero-order chi connectivity index (χ0) is 36.5. The summed E-state index contributed by atoms with van der Waals surface area (Å²) in [5.74, 6) is 3.10. The molecule has 266 valence electrons. The fraction of sp³-hybridized carbons (Fsp3) is 0.185. The van der Waals surface area contributed by atoms with Crippen molar-refractivity contribution in [2.24, 2.45) is 23.7 Å². The molecule has 2 nitrogen and oxygen atoms in total. The molecule has 56 heavy (non-hydrogen) atoms. The summed E-state index contributed by atoms with van der Waals surface area (Å²) in [6.45, 7) is 0. The van der Waals surface area contributed by atoms with Crippen LogP contribution in [0.3, 0.4) is 0 Å². The average Bonchev–Trinajstić information content (AvgIpc) is 3.57. The molecule has 1 heterocycles. The number of rotatable bonds is 3. The first kappa shape index (κ1) is 31.1. The van der Waals surface area contributed by atoms with Crippen LogP contribution in [0.1, 0.15) is 43.2 Å². The van der Waals surface area contributed by atoms with Gasteiger partial charge in [-0.15, -0.1) is 0 Å². The van der Waals surface area contributed by atoms with Gasteiger partial charge in [-0.3, -0.25) is 0 Å². The van der Waals surface area contributed by atoms with E-state index >= 15 is 0 Å². The highest BCUT2D eigenvalue weighted by Crippen LogP contribution is 2.72. The molecule has 4 bridgehead atoms. The minimum atomic E-state index is 0.0162. The van der Waals surface area contributed by atoms with Crippen molar-refractivity contribution in [3.05, 3.63) is 169 Å². The second kappa shape index (κ2) is 11.5. The summed E-state index contributed by atoms with van der Waals surface area (Å²) in [5.41, 5.74) is 14.8. The molecule has 14 rings (SSSR count). The summed E-state index contributed by atoms with van der Waals surface area (Å²) in [5, 5.41) is 7.96. The number of para-hydroxylation sites is 2. The van der Waals surface area contributed by atoms with Gasteiger partial charge in [0.15, 0.2) is 0 Å². The molecule has 2 heteroatoms. The molecule has 0 N–H and O–H groups in total. The SMILES string of the molecule is c1ccc2c(-c3nc4ccccc4nc3-c3ccc(-c4cc5ccccc5c5c4C4(c6c-5ccc5ccccc65)C5CC6CC(C5)CC4C6)cc3)cccc2c1. The Morgan fingerprint density at radius 1 is 0.393 bits per heavy atom. The van der Waals surface area contributed by atoms with Gasteiger partial charge in [-0.2, -0.15) is 0 Å². The number of aromatic nitrogens is 2. The molecule has 0 amide bonds. The maximum atomic E-state index is 5.34. The molecule has 5 aliphatic carbocycles. The van der Waals surface area contributed by atoms with E-state index in [1.807, 2.05) is 0 Å². The van der Waals surface area contributed by atoms with Gasteiger partial charge in [0.2, 0.25) is 0 Å². The van der Waals surface area contributed by atoms with Crippen LogP contribution in [0.2, 0.25) is 0 Å². The van der Waals surface area contributed by atoms with Crippen LogP contribution in [-0.4, -0.2) is 9.97 Å². The Balaban J connectivity index is 1.06. The molecule has 1 spiro atoms. The lowest BCUT2D eigenvalue weighted by Gasteiger charge is -2.61. The van der Waals surface area contributed by atoms with Crippen molar-refractivity contribution in [1.82, 2.24) is 9.97 Å². The van der Waals surface area contributed by atoms with Crippen LogP contribution in [0.15, 0.2) is 158 Å². The summed E-state index contributed by atoms with van der Waals surface area (Å²) in [6, 6.07) is 58.7. The highest BCUT2D eigenvalue weighted by Gasteiger charge is 2.63. The first-order valence-corrected chi connectivity index (χ1v) is 20.7. The Labute approximate surface area is 326 Å². The molecule has 4 saturated carbocycles. The van der Waals surface area contributed by atoms with E-state index in [-0.39, 0.29) is 5.41 Å². The van der Waals surface area contributed by atoms with Gasteiger partial charge >= 0.3 is 0 Å². The summed E-state index contributed by atoms with van der Waals surface area (Å²) in [7, 11) is 0. The Kier molecular flexibility index (Phi) is 6.37. The molecule has 0 aliphatic heterocycles. The number of nitrogens with zero attached hydrogens (tertiary/aromatic N) is 2. The van der Waals surface area contributed by atoms with E-state index in [4.69, 9.17) is 9.97 Å². The Morgan fingerprint density at radius 3 is 1.70 bits per heavy atom. The van der Waals surface area contributed by atoms with E-state index < -0.39 is 0 Å². The summed E-state index contributed by atoms with van der Waals surface area (Å²) >= 11 is 0. The van der Waals surface area contributed by atoms with Gasteiger partial charge in [0.25, 0.3) is 0 Å². The van der Waals surface area contributed by atoms with Gasteiger partial charge in [-0.1, -0.05) is 140 Å². The van der Waals surface area contributed by atoms with Gasteiger partial charge in [0.05, 0.1) is 22.4 Å². The largest absolute Gasteiger partial charge is 0.244 e. The standard InChI is InChI=1S/C54H40N2/c1-4-14-41-34(10-1)13-9-17-44(41)53-52(55-47-18-7-8-19-48(47)56-53)37-22-20-36(21-23-37)46-31-38-12-3-5-15-42(38)49-45-25-24-35-11-2-6-16-43(35)50(45)54(51(46)49)39-27-32-26-33(29-39)30-40(54)28-32/h1-25,31-33,39-40H,26-30H2. The molecular formula is C54H40N2. The van der Waals surface area contributed by atoms with Gasteiger partial charge in [0.1, 0.15) is 0 Å². The number of hydrogen-bond donors (Lipinski definition) is 0. The van der Waals surface area contributed by atoms with Crippen molar-refractivity contribution in [2.75, 3.05) is 0 Å². The third-order valence-electron chi connectivity index (χ3n) is 14.6. The van der Waals surface area contributed by atoms with Crippen LogP contribution in [-0.2, 0) is 5.41 Å². The van der Waals surface area contributed by atoms with Gasteiger partial charge in [-0.05, 0) is 140 Å². The zero-order valence-electron chi connectivity index (χ0n) is 31.3. The first-order valence-electron chi connectivity index (χ1n) is 20.7. The van der Waals surface area contributed by atoms with E-state index in [0.717, 1.165) is 45.4 Å². The highest BCUT2D eigenvalue weighted by molar-refractivity contribution is 6.10. The van der Waals surface area contributed by atoms with E-state index in [1.54, 1.807) is 11.1 Å². The molecule has 0 atom stereocenters. The van der Waals surface area contributed by atoms with E-state index in [9.17, 15) is 0 Å². The second-order valence-corrected chi connectivity index (χ2v) is 17.3. The van der Waals surface area contributed by atoms with Crippen LogP contribution in [0.4, 0.5) is 0 Å². The second-order valence-electron chi connectivity index (χ2n) is 17.3. The van der Waals surface area contributed by atoms with E-state index in [1.165, 1.54) is 86.7 Å². The van der Waals surface area contributed by atoms with Crippen molar-refractivity contribution < 1.29 is 0 Å². The van der Waals surface area contributed by atoms with Crippen molar-refractivity contribution >= 4 is 43.4 Å². The monoisotopic (exact) mass is 716 g/mol. The fourth-order valence-corrected chi connectivity index (χ4v) is 12.7. The fourth-order valence-electron chi connectivity index (χ4n) is 12.7. The number of hydrogen-bond acceptors (Lipinski definition) is 2. The lowest BCUT2D eigenvalue weighted by atomic mass is 9.42. The summed E-state index contributed by atoms with van der Waals surface area (Å²) < 4.78 is 0. The molecule has 9 aromatic rings. The lowest BCUT2D eigenvalue weighted by molar-refractivity contribution is -0.0391. The molecule has 0 radical (unpaired) electrons. The van der Waals surface area contributed by atoms with Crippen molar-refractivity contribution in [3.63, 3.8) is 0 Å². The topological polar surface area (TPSA) is 25.8 Å². The molecule has 0 saturated heterocycles. The van der Waals surface area contributed by atoms with Gasteiger partial charge < -0.3 is 0 Å². The van der Waals surface area contributed by atoms with Crippen molar-refractivity contribution in [2.45, 2.75) is 37.5 Å². The summed E-state index contributed by atoms with van der Waals surface area (Å²) in [4.78, 5) is 10.7. The van der Waals surface area contributed by atoms with Crippen LogP contribution in [0.5, 0.6) is 0 Å². The molecule has 4 fully saturated rings. The lowest BCUT2D eigenvalue weighted by Crippen LogP contribution is -2.55. The van der Waals surface area contributed by atoms with Gasteiger partial charge in [-0.25, -0.2) is 9.97 Å². The number of benzene rings is 8. The Hall–Kier alpha value is -6.12. The normalized spacial score (nSPS) is 23.1. The maximum absolute atomic E-state index is 5.34. The summed E-state index contributed by atoms with van der Waals surface area (Å²) in [6.07, 6.45) is 6.88. The van der Waals surface area contributed by atoms with Gasteiger partial charge in [0, 0.05) is 16.5 Å². The molecule has 0 unspecified atom stereocenters. The van der Waals surface area contributed by atoms with E-state index in [2.05, 4.69) is 158 Å². The maximum Gasteiger partial charge on any atom is 0.0979 e. The van der Waals surface area contributed by atoms with Crippen LogP contribution in [0.25, 0.3) is 88.1 Å². The Bertz CT molecular complexity index is 3070. The highest BCUT2D eigenvalue weighted by atomic mass is 14.8. The predicted octanol–water partition coefficient (Wildman–Crippen LogP) is 13.8. The zero-order valence-corrected chi connectivity index (χ0v) is 31.3. The van der Waals surface area contributed by atoms with Crippen LogP contribution in [0, 0.1) is 23.7 Å². The van der Waals surface area contributed by atoms with Crippen molar-refractivity contribution in [3.8, 4) is 44.8 Å². The molecule has 8 aromatic carbocycles. The van der Waals surface area contributed by atoms with Crippen LogP contribution >= 0.6 is 0 Å². The minimum Gasteiger partial charge on any atom is -0.244 e. The first-order chi connectivity index (χ1) is 27.7. The molecule has 1 aromatic heterocycles. The number of fused-ring (bicyclic) bond motifs is 9. The minimum absolute atomic E-state index is 0.0162. The van der Waals surface area contributed by atoms with Crippen molar-refractivity contribution in [1.29, 1.82) is 0 Å². The Morgan fingerprint density at radius 2 is 0.964 bits per heavy atom. The quantitative estimate of drug-likeness (QED) is 0.182. The third-order valence-corrected chi connectivity index (χ3v) is 14.6. The smallest absolute Gasteiger partial charge is 0.0979 e. The molecular weight excluding hydrogens is 677 g/mol. The van der Waals surface area contributed by atoms with Crippen LogP contribution < -0.4 is 0 Å². The average molecular weight is 717 g/mol. The van der Waals surface area contributed by atoms with E-state index in [0.29, 0.717) is 11.8 Å². The predicted molar refractivity (Wildman–Crippen MR) is 232 cm³/mol.